The lowest BCUT2D eigenvalue weighted by atomic mass is 9.97. The Morgan fingerprint density at radius 1 is 0.607 bits per heavy atom. The minimum atomic E-state index is 0.684. The molecule has 0 unspecified atom stereocenters. The molecule has 0 aliphatic carbocycles. The van der Waals surface area contributed by atoms with Crippen LogP contribution in [0.4, 0.5) is 0 Å². The van der Waals surface area contributed by atoms with Crippen molar-refractivity contribution in [1.29, 1.82) is 0 Å². The lowest BCUT2D eigenvalue weighted by Gasteiger charge is -2.14. The third-order valence-electron chi connectivity index (χ3n) is 4.56. The fourth-order valence-corrected chi connectivity index (χ4v) is 3.27. The second-order valence-electron chi connectivity index (χ2n) is 6.32. The quantitative estimate of drug-likeness (QED) is 0.374. The minimum Gasteiger partial charge on any atom is -0.464 e. The fourth-order valence-electron chi connectivity index (χ4n) is 3.27. The van der Waals surface area contributed by atoms with Crippen molar-refractivity contribution in [3.63, 3.8) is 0 Å². The molecule has 0 radical (unpaired) electrons. The zero-order valence-corrected chi connectivity index (χ0v) is 14.9. The molecule has 5 rings (SSSR count). The van der Waals surface area contributed by atoms with E-state index in [2.05, 4.69) is 23.2 Å². The first-order valence-electron chi connectivity index (χ1n) is 9.00. The minimum absolute atomic E-state index is 0.684. The van der Waals surface area contributed by atoms with Crippen molar-refractivity contribution >= 4 is 0 Å². The first-order chi connectivity index (χ1) is 13.9. The smallest absolute Gasteiger partial charge is 0.153 e. The highest BCUT2D eigenvalue weighted by molar-refractivity contribution is 5.88. The SMILES string of the molecule is c1ccc(-c2cc(-c3ccco3)c(-c3ccco3)nc2-c2ccccn2)cc1. The van der Waals surface area contributed by atoms with Gasteiger partial charge in [-0.15, -0.1) is 0 Å². The molecule has 4 heteroatoms. The summed E-state index contributed by atoms with van der Waals surface area (Å²) in [4.78, 5) is 9.53. The Balaban J connectivity index is 1.84. The predicted molar refractivity (Wildman–Crippen MR) is 108 cm³/mol. The van der Waals surface area contributed by atoms with E-state index in [0.717, 1.165) is 39.5 Å². The van der Waals surface area contributed by atoms with Crippen LogP contribution in [0.1, 0.15) is 0 Å². The van der Waals surface area contributed by atoms with Crippen LogP contribution in [-0.4, -0.2) is 9.97 Å². The van der Waals surface area contributed by atoms with Gasteiger partial charge in [0.05, 0.1) is 23.9 Å². The standard InChI is InChI=1S/C24H16N2O2/c1-2-8-17(9-3-1)18-16-19(21-11-6-14-27-21)24(22-12-7-15-28-22)26-23(18)20-10-4-5-13-25-20/h1-16H. The molecule has 0 spiro atoms. The summed E-state index contributed by atoms with van der Waals surface area (Å²) in [5.41, 5.74) is 5.25. The van der Waals surface area contributed by atoms with Crippen molar-refractivity contribution in [3.05, 3.63) is 97.6 Å². The summed E-state index contributed by atoms with van der Waals surface area (Å²) in [6, 6.07) is 25.7. The van der Waals surface area contributed by atoms with Gasteiger partial charge in [-0.05, 0) is 48.0 Å². The molecule has 28 heavy (non-hydrogen) atoms. The van der Waals surface area contributed by atoms with Crippen molar-refractivity contribution in [2.24, 2.45) is 0 Å². The van der Waals surface area contributed by atoms with E-state index in [1.807, 2.05) is 60.7 Å². The molecular weight excluding hydrogens is 348 g/mol. The molecule has 0 saturated heterocycles. The van der Waals surface area contributed by atoms with Gasteiger partial charge in [0.25, 0.3) is 0 Å². The van der Waals surface area contributed by atoms with Crippen LogP contribution >= 0.6 is 0 Å². The highest BCUT2D eigenvalue weighted by atomic mass is 16.3. The van der Waals surface area contributed by atoms with Crippen LogP contribution in [0.3, 0.4) is 0 Å². The van der Waals surface area contributed by atoms with Gasteiger partial charge in [0.1, 0.15) is 11.5 Å². The third-order valence-corrected chi connectivity index (χ3v) is 4.56. The summed E-state index contributed by atoms with van der Waals surface area (Å²) < 4.78 is 11.4. The maximum absolute atomic E-state index is 5.70. The van der Waals surface area contributed by atoms with Crippen molar-refractivity contribution in [2.45, 2.75) is 0 Å². The molecule has 0 aliphatic rings. The van der Waals surface area contributed by atoms with E-state index in [4.69, 9.17) is 13.8 Å². The van der Waals surface area contributed by atoms with Crippen LogP contribution in [0.2, 0.25) is 0 Å². The van der Waals surface area contributed by atoms with Gasteiger partial charge >= 0.3 is 0 Å². The number of rotatable bonds is 4. The summed E-state index contributed by atoms with van der Waals surface area (Å²) in [5.74, 6) is 1.42. The van der Waals surface area contributed by atoms with Crippen molar-refractivity contribution in [3.8, 4) is 45.3 Å². The molecule has 0 atom stereocenters. The Morgan fingerprint density at radius 3 is 2.04 bits per heavy atom. The van der Waals surface area contributed by atoms with Gasteiger partial charge in [-0.25, -0.2) is 4.98 Å². The van der Waals surface area contributed by atoms with Crippen LogP contribution in [0, 0.1) is 0 Å². The van der Waals surface area contributed by atoms with Gasteiger partial charge in [-0.1, -0.05) is 36.4 Å². The van der Waals surface area contributed by atoms with Crippen LogP contribution < -0.4 is 0 Å². The maximum Gasteiger partial charge on any atom is 0.153 e. The average molecular weight is 364 g/mol. The van der Waals surface area contributed by atoms with Gasteiger partial charge < -0.3 is 8.83 Å². The zero-order valence-electron chi connectivity index (χ0n) is 14.9. The number of aromatic nitrogens is 2. The van der Waals surface area contributed by atoms with Gasteiger partial charge in [0, 0.05) is 17.3 Å². The Bertz CT molecular complexity index is 1080. The second-order valence-corrected chi connectivity index (χ2v) is 6.32. The monoisotopic (exact) mass is 364 g/mol. The number of furan rings is 2. The Labute approximate surface area is 162 Å². The average Bonchev–Trinajstić information content (AvgIpc) is 3.48. The van der Waals surface area contributed by atoms with Gasteiger partial charge in [-0.2, -0.15) is 0 Å². The molecule has 1 aromatic carbocycles. The van der Waals surface area contributed by atoms with Crippen LogP contribution in [0.15, 0.2) is 106 Å². The van der Waals surface area contributed by atoms with E-state index in [1.165, 1.54) is 0 Å². The number of pyridine rings is 2. The van der Waals surface area contributed by atoms with E-state index in [-0.39, 0.29) is 0 Å². The lowest BCUT2D eigenvalue weighted by molar-refractivity contribution is 0.574. The molecule has 4 aromatic heterocycles. The Hall–Kier alpha value is -3.92. The molecular formula is C24H16N2O2. The Kier molecular flexibility index (Phi) is 4.07. The third kappa shape index (κ3) is 2.91. The summed E-state index contributed by atoms with van der Waals surface area (Å²) in [6.45, 7) is 0. The fraction of sp³-hybridized carbons (Fsp3) is 0. The molecule has 0 bridgehead atoms. The van der Waals surface area contributed by atoms with E-state index < -0.39 is 0 Å². The number of hydrogen-bond acceptors (Lipinski definition) is 4. The molecule has 0 saturated carbocycles. The topological polar surface area (TPSA) is 52.1 Å². The highest BCUT2D eigenvalue weighted by Gasteiger charge is 2.20. The second kappa shape index (κ2) is 7.00. The molecule has 134 valence electrons. The largest absolute Gasteiger partial charge is 0.464 e. The molecule has 5 aromatic rings. The van der Waals surface area contributed by atoms with Gasteiger partial charge in [-0.3, -0.25) is 4.98 Å². The molecule has 0 N–H and O–H groups in total. The summed E-state index contributed by atoms with van der Waals surface area (Å²) >= 11 is 0. The first kappa shape index (κ1) is 16.3. The van der Waals surface area contributed by atoms with Crippen molar-refractivity contribution in [1.82, 2.24) is 9.97 Å². The molecule has 4 nitrogen and oxygen atoms in total. The van der Waals surface area contributed by atoms with Crippen molar-refractivity contribution < 1.29 is 8.83 Å². The summed E-state index contributed by atoms with van der Waals surface area (Å²) in [6.07, 6.45) is 5.09. The lowest BCUT2D eigenvalue weighted by Crippen LogP contribution is -1.97. The van der Waals surface area contributed by atoms with E-state index in [9.17, 15) is 0 Å². The normalized spacial score (nSPS) is 10.9. The van der Waals surface area contributed by atoms with Gasteiger partial charge in [0.2, 0.25) is 0 Å². The van der Waals surface area contributed by atoms with Crippen molar-refractivity contribution in [2.75, 3.05) is 0 Å². The van der Waals surface area contributed by atoms with Crippen LogP contribution in [-0.2, 0) is 0 Å². The number of benzene rings is 1. The molecule has 0 amide bonds. The van der Waals surface area contributed by atoms with E-state index in [0.29, 0.717) is 5.76 Å². The molecule has 4 heterocycles. The predicted octanol–water partition coefficient (Wildman–Crippen LogP) is 6.33. The zero-order chi connectivity index (χ0) is 18.8. The molecule has 0 fully saturated rings. The van der Waals surface area contributed by atoms with Crippen LogP contribution in [0.25, 0.3) is 45.3 Å². The number of nitrogens with zero attached hydrogens (tertiary/aromatic N) is 2. The Morgan fingerprint density at radius 2 is 1.36 bits per heavy atom. The number of hydrogen-bond donors (Lipinski definition) is 0. The van der Waals surface area contributed by atoms with Gasteiger partial charge in [0.15, 0.2) is 5.76 Å². The van der Waals surface area contributed by atoms with E-state index >= 15 is 0 Å². The summed E-state index contributed by atoms with van der Waals surface area (Å²) in [5, 5.41) is 0. The molecule has 0 aliphatic heterocycles. The highest BCUT2D eigenvalue weighted by Crippen LogP contribution is 2.39. The van der Waals surface area contributed by atoms with E-state index in [1.54, 1.807) is 18.7 Å². The first-order valence-corrected chi connectivity index (χ1v) is 9.00. The maximum atomic E-state index is 5.70. The summed E-state index contributed by atoms with van der Waals surface area (Å²) in [7, 11) is 0. The van der Waals surface area contributed by atoms with Crippen LogP contribution in [0.5, 0.6) is 0 Å².